The summed E-state index contributed by atoms with van der Waals surface area (Å²) >= 11 is 0. The third-order valence-electron chi connectivity index (χ3n) is 7.09. The number of guanidine groups is 1. The average Bonchev–Trinajstić information content (AvgIpc) is 3.61. The van der Waals surface area contributed by atoms with Gasteiger partial charge in [0.1, 0.15) is 18.2 Å². The fourth-order valence-electron chi connectivity index (χ4n) is 4.99. The van der Waals surface area contributed by atoms with Gasteiger partial charge in [-0.25, -0.2) is 19.9 Å². The molecule has 0 aliphatic carbocycles. The highest BCUT2D eigenvalue weighted by Gasteiger charge is 2.24. The lowest BCUT2D eigenvalue weighted by molar-refractivity contribution is 0.187. The molecule has 4 heterocycles. The number of nitrogens with zero attached hydrogens (tertiary/aromatic N) is 7. The van der Waals surface area contributed by atoms with Crippen LogP contribution in [0.15, 0.2) is 47.7 Å². The molecule has 5 rings (SSSR count). The first kappa shape index (κ1) is 28.3. The van der Waals surface area contributed by atoms with Gasteiger partial charge in [0.15, 0.2) is 5.96 Å². The summed E-state index contributed by atoms with van der Waals surface area (Å²) in [6, 6.07) is 10.1. The molecule has 2 aliphatic heterocycles. The van der Waals surface area contributed by atoms with Crippen molar-refractivity contribution in [2.75, 3.05) is 42.8 Å². The number of hydrogen-bond acceptors (Lipinski definition) is 9. The molecule has 1 atom stereocenters. The molecule has 0 saturated carbocycles. The van der Waals surface area contributed by atoms with Crippen molar-refractivity contribution in [1.82, 2.24) is 25.3 Å². The van der Waals surface area contributed by atoms with Crippen LogP contribution in [-0.2, 0) is 17.7 Å². The highest BCUT2D eigenvalue weighted by atomic mass is 16.5. The summed E-state index contributed by atoms with van der Waals surface area (Å²) in [5.41, 5.74) is 12.4. The Bertz CT molecular complexity index is 1390. The Hall–Kier alpha value is -4.25. The summed E-state index contributed by atoms with van der Waals surface area (Å²) < 4.78 is 11.2. The number of nitrogens with two attached hydrogens (primary N) is 1. The van der Waals surface area contributed by atoms with Crippen molar-refractivity contribution in [3.63, 3.8) is 0 Å². The molecule has 0 radical (unpaired) electrons. The van der Waals surface area contributed by atoms with Crippen LogP contribution in [0.2, 0.25) is 0 Å². The number of hydrogen-bond donors (Lipinski definition) is 2. The fourth-order valence-corrected chi connectivity index (χ4v) is 4.99. The van der Waals surface area contributed by atoms with Gasteiger partial charge in [-0.05, 0) is 63.4 Å². The first-order chi connectivity index (χ1) is 19.7. The average molecular weight is 558 g/mol. The van der Waals surface area contributed by atoms with E-state index in [2.05, 4.69) is 24.0 Å². The minimum Gasteiger partial charge on any atom is -0.493 e. The number of nitrogens with one attached hydrogen (secondary N) is 1. The van der Waals surface area contributed by atoms with E-state index in [1.54, 1.807) is 4.90 Å². The summed E-state index contributed by atoms with van der Waals surface area (Å²) in [7, 11) is 0. The van der Waals surface area contributed by atoms with Crippen LogP contribution >= 0.6 is 0 Å². The van der Waals surface area contributed by atoms with Crippen LogP contribution < -0.4 is 25.6 Å². The molecule has 3 N–H and O–H groups in total. The Morgan fingerprint density at radius 3 is 2.27 bits per heavy atom. The zero-order chi connectivity index (χ0) is 28.9. The van der Waals surface area contributed by atoms with Crippen LogP contribution in [0.4, 0.5) is 11.9 Å². The van der Waals surface area contributed by atoms with Gasteiger partial charge in [0.25, 0.3) is 0 Å². The van der Waals surface area contributed by atoms with Crippen LogP contribution in [0, 0.1) is 33.6 Å². The van der Waals surface area contributed by atoms with Gasteiger partial charge in [-0.1, -0.05) is 18.7 Å². The molecule has 0 amide bonds. The van der Waals surface area contributed by atoms with Crippen LogP contribution in [0.5, 0.6) is 5.75 Å². The molecular weight excluding hydrogens is 518 g/mol. The smallest absolute Gasteiger partial charge is 0.234 e. The number of aliphatic imine (C=N–C) groups is 1. The van der Waals surface area contributed by atoms with Crippen LogP contribution in [0.1, 0.15) is 40.3 Å². The number of aromatic nitrogens is 4. The molecule has 2 aromatic heterocycles. The number of ether oxygens (including phenoxy) is 2. The predicted molar refractivity (Wildman–Crippen MR) is 160 cm³/mol. The fraction of sp³-hybridized carbons (Fsp3) is 0.433. The minimum atomic E-state index is 0.201. The minimum absolute atomic E-state index is 0.201. The SMILES string of the molecule is C=C(NCc1ccc2c(c1)CCO2)N(CN(C(N)=NCC1CCOC1)c1nc(C)cc(C)n1)c1nc(C)cc(C)n1. The quantitative estimate of drug-likeness (QED) is 0.218. The Morgan fingerprint density at radius 2 is 1.63 bits per heavy atom. The van der Waals surface area contributed by atoms with Gasteiger partial charge in [0, 0.05) is 54.8 Å². The lowest BCUT2D eigenvalue weighted by Crippen LogP contribution is -2.48. The van der Waals surface area contributed by atoms with Crippen LogP contribution in [0.3, 0.4) is 0 Å². The third-order valence-corrected chi connectivity index (χ3v) is 7.09. The Morgan fingerprint density at radius 1 is 0.976 bits per heavy atom. The normalized spacial score (nSPS) is 16.3. The van der Waals surface area contributed by atoms with Crippen LogP contribution in [0.25, 0.3) is 0 Å². The van der Waals surface area contributed by atoms with E-state index in [0.29, 0.717) is 49.3 Å². The molecule has 1 unspecified atom stereocenters. The van der Waals surface area contributed by atoms with E-state index in [0.717, 1.165) is 60.1 Å². The van der Waals surface area contributed by atoms with Crippen LogP contribution in [-0.4, -0.2) is 58.9 Å². The van der Waals surface area contributed by atoms with Gasteiger partial charge in [0.05, 0.1) is 13.2 Å². The van der Waals surface area contributed by atoms with Crippen molar-refractivity contribution in [2.45, 2.75) is 47.1 Å². The maximum atomic E-state index is 6.66. The van der Waals surface area contributed by atoms with E-state index in [-0.39, 0.29) is 6.67 Å². The molecule has 3 aromatic rings. The van der Waals surface area contributed by atoms with Gasteiger partial charge in [0.2, 0.25) is 11.9 Å². The van der Waals surface area contributed by atoms with E-state index < -0.39 is 0 Å². The van der Waals surface area contributed by atoms with E-state index in [1.165, 1.54) is 5.56 Å². The topological polar surface area (TPSA) is 127 Å². The number of rotatable bonds is 10. The summed E-state index contributed by atoms with van der Waals surface area (Å²) in [6.07, 6.45) is 1.89. The maximum Gasteiger partial charge on any atom is 0.234 e. The molecule has 11 heteroatoms. The molecule has 1 saturated heterocycles. The van der Waals surface area contributed by atoms with Gasteiger partial charge in [-0.15, -0.1) is 0 Å². The lowest BCUT2D eigenvalue weighted by atomic mass is 10.1. The Balaban J connectivity index is 1.45. The second-order valence-corrected chi connectivity index (χ2v) is 10.7. The second kappa shape index (κ2) is 12.5. The summed E-state index contributed by atoms with van der Waals surface area (Å²) in [5.74, 6) is 3.16. The first-order valence-corrected chi connectivity index (χ1v) is 14.0. The molecule has 41 heavy (non-hydrogen) atoms. The molecule has 0 bridgehead atoms. The van der Waals surface area contributed by atoms with Gasteiger partial charge < -0.3 is 20.5 Å². The summed E-state index contributed by atoms with van der Waals surface area (Å²) in [6.45, 7) is 15.6. The monoisotopic (exact) mass is 557 g/mol. The standard InChI is InChI=1S/C30H39N9O2/c1-19-12-20(2)35-29(34-19)38(23(5)32-15-24-6-7-27-26(14-24)9-11-41-27)18-39(30-36-21(3)13-22(4)37-30)28(31)33-16-25-8-10-40-17-25/h6-7,12-14,25,32H,5,8-11,15-18H2,1-4H3,(H2,31,33). The number of aryl methyl sites for hydroxylation is 4. The lowest BCUT2D eigenvalue weighted by Gasteiger charge is -2.32. The predicted octanol–water partition coefficient (Wildman–Crippen LogP) is 3.32. The van der Waals surface area contributed by atoms with Gasteiger partial charge in [-0.2, -0.15) is 0 Å². The van der Waals surface area contributed by atoms with E-state index >= 15 is 0 Å². The van der Waals surface area contributed by atoms with E-state index in [1.807, 2.05) is 50.8 Å². The van der Waals surface area contributed by atoms with Crippen molar-refractivity contribution in [1.29, 1.82) is 0 Å². The van der Waals surface area contributed by atoms with Crippen molar-refractivity contribution >= 4 is 17.9 Å². The van der Waals surface area contributed by atoms with E-state index in [9.17, 15) is 0 Å². The number of anilines is 2. The van der Waals surface area contributed by atoms with Crippen molar-refractivity contribution in [2.24, 2.45) is 16.6 Å². The molecule has 11 nitrogen and oxygen atoms in total. The highest BCUT2D eigenvalue weighted by Crippen LogP contribution is 2.26. The molecule has 0 spiro atoms. The zero-order valence-corrected chi connectivity index (χ0v) is 24.4. The number of fused-ring (bicyclic) bond motifs is 1. The van der Waals surface area contributed by atoms with Gasteiger partial charge >= 0.3 is 0 Å². The largest absolute Gasteiger partial charge is 0.493 e. The maximum absolute atomic E-state index is 6.66. The van der Waals surface area contributed by atoms with Crippen molar-refractivity contribution in [3.8, 4) is 5.75 Å². The summed E-state index contributed by atoms with van der Waals surface area (Å²) in [4.78, 5) is 27.3. The van der Waals surface area contributed by atoms with Crippen molar-refractivity contribution in [3.05, 3.63) is 76.6 Å². The second-order valence-electron chi connectivity index (χ2n) is 10.7. The molecular formula is C30H39N9O2. The number of benzene rings is 1. The first-order valence-electron chi connectivity index (χ1n) is 14.0. The molecule has 1 fully saturated rings. The summed E-state index contributed by atoms with van der Waals surface area (Å²) in [5, 5.41) is 3.47. The zero-order valence-electron chi connectivity index (χ0n) is 24.4. The van der Waals surface area contributed by atoms with Crippen molar-refractivity contribution < 1.29 is 9.47 Å². The van der Waals surface area contributed by atoms with E-state index in [4.69, 9.17) is 40.1 Å². The Kier molecular flexibility index (Phi) is 8.63. The third kappa shape index (κ3) is 7.10. The highest BCUT2D eigenvalue weighted by molar-refractivity contribution is 5.93. The molecule has 1 aromatic carbocycles. The van der Waals surface area contributed by atoms with Gasteiger partial charge in [-0.3, -0.25) is 14.8 Å². The molecule has 216 valence electrons. The Labute approximate surface area is 241 Å². The molecule has 2 aliphatic rings.